The molecule has 0 bridgehead atoms. The highest BCUT2D eigenvalue weighted by Gasteiger charge is 2.08. The van der Waals surface area contributed by atoms with Crippen LogP contribution in [0.4, 0.5) is 0 Å². The first-order valence-corrected chi connectivity index (χ1v) is 6.64. The van der Waals surface area contributed by atoms with Gasteiger partial charge in [-0.05, 0) is 31.4 Å². The van der Waals surface area contributed by atoms with Gasteiger partial charge in [0.05, 0.1) is 6.61 Å². The van der Waals surface area contributed by atoms with Crippen molar-refractivity contribution in [3.8, 4) is 5.88 Å². The molecule has 0 saturated heterocycles. The van der Waals surface area contributed by atoms with Crippen molar-refractivity contribution in [2.24, 2.45) is 5.73 Å². The van der Waals surface area contributed by atoms with E-state index >= 15 is 0 Å². The number of pyridine rings is 1. The molecule has 2 aromatic rings. The molecule has 2 rings (SSSR count). The second kappa shape index (κ2) is 6.90. The quantitative estimate of drug-likeness (QED) is 0.808. The van der Waals surface area contributed by atoms with Crippen molar-refractivity contribution in [2.45, 2.75) is 25.8 Å². The van der Waals surface area contributed by atoms with Gasteiger partial charge in [-0.25, -0.2) is 4.98 Å². The molecule has 0 saturated carbocycles. The van der Waals surface area contributed by atoms with Gasteiger partial charge in [0.2, 0.25) is 5.88 Å². The lowest BCUT2D eigenvalue weighted by Gasteiger charge is -2.12. The van der Waals surface area contributed by atoms with Crippen molar-refractivity contribution < 1.29 is 4.74 Å². The maximum Gasteiger partial charge on any atom is 0.218 e. The fourth-order valence-corrected chi connectivity index (χ4v) is 1.96. The van der Waals surface area contributed by atoms with Gasteiger partial charge in [-0.2, -0.15) is 0 Å². The monoisotopic (exact) mass is 256 g/mol. The second-order valence-corrected chi connectivity index (χ2v) is 4.62. The molecule has 0 fully saturated rings. The van der Waals surface area contributed by atoms with Crippen molar-refractivity contribution in [1.29, 1.82) is 0 Å². The van der Waals surface area contributed by atoms with Gasteiger partial charge in [-0.3, -0.25) is 0 Å². The molecule has 0 amide bonds. The van der Waals surface area contributed by atoms with Gasteiger partial charge >= 0.3 is 0 Å². The van der Waals surface area contributed by atoms with E-state index in [-0.39, 0.29) is 6.04 Å². The van der Waals surface area contributed by atoms with Crippen LogP contribution in [0.2, 0.25) is 0 Å². The van der Waals surface area contributed by atoms with Crippen LogP contribution in [0.25, 0.3) is 0 Å². The summed E-state index contributed by atoms with van der Waals surface area (Å²) in [5.74, 6) is 0.658. The summed E-state index contributed by atoms with van der Waals surface area (Å²) in [4.78, 5) is 4.24. The second-order valence-electron chi connectivity index (χ2n) is 4.62. The van der Waals surface area contributed by atoms with E-state index in [2.05, 4.69) is 29.2 Å². The van der Waals surface area contributed by atoms with E-state index in [0.29, 0.717) is 12.5 Å². The van der Waals surface area contributed by atoms with Gasteiger partial charge in [0.15, 0.2) is 0 Å². The summed E-state index contributed by atoms with van der Waals surface area (Å²) in [6.45, 7) is 2.60. The highest BCUT2D eigenvalue weighted by Crippen LogP contribution is 2.20. The SMILES string of the molecule is CC(N)c1cccnc1OCCCc1ccccc1. The van der Waals surface area contributed by atoms with E-state index in [1.165, 1.54) is 5.56 Å². The average molecular weight is 256 g/mol. The summed E-state index contributed by atoms with van der Waals surface area (Å²) in [6.07, 6.45) is 3.72. The van der Waals surface area contributed by atoms with Gasteiger partial charge in [0, 0.05) is 17.8 Å². The first-order chi connectivity index (χ1) is 9.27. The molecule has 0 aliphatic carbocycles. The Morgan fingerprint density at radius 1 is 1.16 bits per heavy atom. The Bertz CT molecular complexity index is 497. The lowest BCUT2D eigenvalue weighted by molar-refractivity contribution is 0.294. The smallest absolute Gasteiger partial charge is 0.218 e. The zero-order valence-corrected chi connectivity index (χ0v) is 11.3. The number of ether oxygens (including phenoxy) is 1. The van der Waals surface area contributed by atoms with Gasteiger partial charge in [-0.1, -0.05) is 36.4 Å². The van der Waals surface area contributed by atoms with E-state index < -0.39 is 0 Å². The zero-order chi connectivity index (χ0) is 13.5. The van der Waals surface area contributed by atoms with Crippen molar-refractivity contribution in [3.63, 3.8) is 0 Å². The predicted octanol–water partition coefficient (Wildman–Crippen LogP) is 3.11. The maximum atomic E-state index is 5.89. The molecule has 0 spiro atoms. The number of hydrogen-bond donors (Lipinski definition) is 1. The molecule has 1 heterocycles. The molecule has 3 heteroatoms. The van der Waals surface area contributed by atoms with Crippen LogP contribution in [-0.4, -0.2) is 11.6 Å². The Morgan fingerprint density at radius 2 is 1.95 bits per heavy atom. The molecule has 0 radical (unpaired) electrons. The van der Waals surface area contributed by atoms with Crippen LogP contribution < -0.4 is 10.5 Å². The normalized spacial score (nSPS) is 12.1. The van der Waals surface area contributed by atoms with Gasteiger partial charge in [0.25, 0.3) is 0 Å². The van der Waals surface area contributed by atoms with Crippen molar-refractivity contribution >= 4 is 0 Å². The number of benzene rings is 1. The summed E-state index contributed by atoms with van der Waals surface area (Å²) in [5, 5.41) is 0. The maximum absolute atomic E-state index is 5.89. The Balaban J connectivity index is 1.83. The number of rotatable bonds is 6. The van der Waals surface area contributed by atoms with Crippen LogP contribution >= 0.6 is 0 Å². The van der Waals surface area contributed by atoms with Crippen LogP contribution in [0.15, 0.2) is 48.7 Å². The van der Waals surface area contributed by atoms with Crippen LogP contribution in [-0.2, 0) is 6.42 Å². The van der Waals surface area contributed by atoms with E-state index in [4.69, 9.17) is 10.5 Å². The first kappa shape index (κ1) is 13.6. The molecular weight excluding hydrogens is 236 g/mol. The summed E-state index contributed by atoms with van der Waals surface area (Å²) in [5.41, 5.74) is 8.18. The highest BCUT2D eigenvalue weighted by atomic mass is 16.5. The summed E-state index contributed by atoms with van der Waals surface area (Å²) in [7, 11) is 0. The lowest BCUT2D eigenvalue weighted by Crippen LogP contribution is -2.10. The molecule has 19 heavy (non-hydrogen) atoms. The molecule has 0 aliphatic heterocycles. The fourth-order valence-electron chi connectivity index (χ4n) is 1.96. The molecule has 0 aliphatic rings. The van der Waals surface area contributed by atoms with E-state index in [9.17, 15) is 0 Å². The zero-order valence-electron chi connectivity index (χ0n) is 11.3. The number of nitrogens with zero attached hydrogens (tertiary/aromatic N) is 1. The van der Waals surface area contributed by atoms with Crippen molar-refractivity contribution in [1.82, 2.24) is 4.98 Å². The average Bonchev–Trinajstić information content (AvgIpc) is 2.45. The van der Waals surface area contributed by atoms with Crippen molar-refractivity contribution in [3.05, 3.63) is 59.8 Å². The minimum Gasteiger partial charge on any atom is -0.477 e. The van der Waals surface area contributed by atoms with Crippen LogP contribution in [0.5, 0.6) is 5.88 Å². The standard InChI is InChI=1S/C16H20N2O/c1-13(17)15-10-5-11-18-16(15)19-12-6-9-14-7-3-2-4-8-14/h2-5,7-8,10-11,13H,6,9,12,17H2,1H3. The molecule has 100 valence electrons. The van der Waals surface area contributed by atoms with Crippen LogP contribution in [0, 0.1) is 0 Å². The van der Waals surface area contributed by atoms with E-state index in [1.807, 2.05) is 25.1 Å². The predicted molar refractivity (Wildman–Crippen MR) is 77.1 cm³/mol. The molecule has 2 N–H and O–H groups in total. The molecular formula is C16H20N2O. The third-order valence-corrected chi connectivity index (χ3v) is 2.98. The van der Waals surface area contributed by atoms with Gasteiger partial charge in [0.1, 0.15) is 0 Å². The minimum absolute atomic E-state index is 0.0576. The molecule has 3 nitrogen and oxygen atoms in total. The van der Waals surface area contributed by atoms with Crippen LogP contribution in [0.3, 0.4) is 0 Å². The Hall–Kier alpha value is -1.87. The fraction of sp³-hybridized carbons (Fsp3) is 0.312. The minimum atomic E-state index is -0.0576. The molecule has 1 unspecified atom stereocenters. The van der Waals surface area contributed by atoms with E-state index in [1.54, 1.807) is 6.20 Å². The van der Waals surface area contributed by atoms with Crippen LogP contribution in [0.1, 0.15) is 30.5 Å². The number of aryl methyl sites for hydroxylation is 1. The van der Waals surface area contributed by atoms with E-state index in [0.717, 1.165) is 18.4 Å². The van der Waals surface area contributed by atoms with Crippen molar-refractivity contribution in [2.75, 3.05) is 6.61 Å². The molecule has 1 aromatic carbocycles. The Labute approximate surface area is 114 Å². The third kappa shape index (κ3) is 4.07. The van der Waals surface area contributed by atoms with Gasteiger partial charge in [-0.15, -0.1) is 0 Å². The molecule has 1 atom stereocenters. The summed E-state index contributed by atoms with van der Waals surface area (Å²) in [6, 6.07) is 14.2. The number of hydrogen-bond acceptors (Lipinski definition) is 3. The molecule has 1 aromatic heterocycles. The number of nitrogens with two attached hydrogens (primary N) is 1. The summed E-state index contributed by atoms with van der Waals surface area (Å²) < 4.78 is 5.73. The first-order valence-electron chi connectivity index (χ1n) is 6.64. The Kier molecular flexibility index (Phi) is 4.93. The highest BCUT2D eigenvalue weighted by molar-refractivity contribution is 5.28. The summed E-state index contributed by atoms with van der Waals surface area (Å²) >= 11 is 0. The van der Waals surface area contributed by atoms with Gasteiger partial charge < -0.3 is 10.5 Å². The lowest BCUT2D eigenvalue weighted by atomic mass is 10.1. The largest absolute Gasteiger partial charge is 0.477 e. The topological polar surface area (TPSA) is 48.1 Å². The third-order valence-electron chi connectivity index (χ3n) is 2.98. The number of aromatic nitrogens is 1. The Morgan fingerprint density at radius 3 is 2.68 bits per heavy atom.